The van der Waals surface area contributed by atoms with Crippen molar-refractivity contribution in [2.24, 2.45) is 16.8 Å². The number of benzene rings is 1. The lowest BCUT2D eigenvalue weighted by molar-refractivity contribution is 0.319. The van der Waals surface area contributed by atoms with Crippen LogP contribution in [-0.2, 0) is 13.1 Å². The van der Waals surface area contributed by atoms with Crippen molar-refractivity contribution in [3.8, 4) is 0 Å². The molecule has 28 heavy (non-hydrogen) atoms. The summed E-state index contributed by atoms with van der Waals surface area (Å²) in [5.41, 5.74) is 2.48. The second kappa shape index (κ2) is 11.4. The summed E-state index contributed by atoms with van der Waals surface area (Å²) in [4.78, 5) is 10.9. The van der Waals surface area contributed by atoms with Gasteiger partial charge in [-0.05, 0) is 29.4 Å². The van der Waals surface area contributed by atoms with Gasteiger partial charge in [-0.25, -0.2) is 9.67 Å². The average molecular weight is 496 g/mol. The SMILES string of the molecule is CCC(CC)C1CCN(C(=NC)NCc2cccc(Cn3cncn3)c2)C1.I. The molecule has 2 aromatic rings. The van der Waals surface area contributed by atoms with Gasteiger partial charge in [0.05, 0.1) is 6.54 Å². The molecule has 6 nitrogen and oxygen atoms in total. The standard InChI is InChI=1S/C21H32N6.HI/c1-4-19(5-2)20-9-10-26(14-20)21(22-3)24-12-17-7-6-8-18(11-17)13-27-16-23-15-25-27;/h6-8,11,15-16,19-20H,4-5,9-10,12-14H2,1-3H3,(H,22,24);1H. The molecule has 3 rings (SSSR count). The van der Waals surface area contributed by atoms with Crippen molar-refractivity contribution < 1.29 is 0 Å². The van der Waals surface area contributed by atoms with Gasteiger partial charge in [-0.3, -0.25) is 4.99 Å². The maximum Gasteiger partial charge on any atom is 0.193 e. The van der Waals surface area contributed by atoms with E-state index in [0.717, 1.165) is 44.0 Å². The van der Waals surface area contributed by atoms with E-state index in [0.29, 0.717) is 0 Å². The lowest BCUT2D eigenvalue weighted by Crippen LogP contribution is -2.40. The van der Waals surface area contributed by atoms with Gasteiger partial charge in [0.15, 0.2) is 5.96 Å². The molecule has 1 aliphatic heterocycles. The number of aliphatic imine (C=N–C) groups is 1. The molecule has 154 valence electrons. The molecule has 0 aliphatic carbocycles. The fraction of sp³-hybridized carbons (Fsp3) is 0.571. The minimum atomic E-state index is 0. The number of rotatable bonds is 7. The van der Waals surface area contributed by atoms with E-state index in [1.165, 1.54) is 30.4 Å². The van der Waals surface area contributed by atoms with Crippen molar-refractivity contribution in [3.63, 3.8) is 0 Å². The van der Waals surface area contributed by atoms with Gasteiger partial charge in [-0.2, -0.15) is 5.10 Å². The number of likely N-dealkylation sites (tertiary alicyclic amines) is 1. The number of hydrogen-bond donors (Lipinski definition) is 1. The molecule has 1 unspecified atom stereocenters. The minimum Gasteiger partial charge on any atom is -0.352 e. The predicted octanol–water partition coefficient (Wildman–Crippen LogP) is 3.78. The highest BCUT2D eigenvalue weighted by Gasteiger charge is 2.29. The number of nitrogens with one attached hydrogen (secondary N) is 1. The summed E-state index contributed by atoms with van der Waals surface area (Å²) in [7, 11) is 1.88. The molecule has 1 aromatic carbocycles. The van der Waals surface area contributed by atoms with Crippen molar-refractivity contribution in [2.75, 3.05) is 20.1 Å². The normalized spacial score (nSPS) is 17.1. The molecule has 0 amide bonds. The Balaban J connectivity index is 0.00000280. The van der Waals surface area contributed by atoms with Crippen molar-refractivity contribution >= 4 is 29.9 Å². The Hall–Kier alpha value is -1.64. The highest BCUT2D eigenvalue weighted by molar-refractivity contribution is 14.0. The predicted molar refractivity (Wildman–Crippen MR) is 125 cm³/mol. The third kappa shape index (κ3) is 5.93. The molecule has 1 aromatic heterocycles. The van der Waals surface area contributed by atoms with Crippen LogP contribution < -0.4 is 5.32 Å². The molecular weight excluding hydrogens is 463 g/mol. The average Bonchev–Trinajstić information content (AvgIpc) is 3.36. The van der Waals surface area contributed by atoms with E-state index in [1.54, 1.807) is 12.7 Å². The summed E-state index contributed by atoms with van der Waals surface area (Å²) < 4.78 is 1.84. The first-order valence-corrected chi connectivity index (χ1v) is 10.1. The maximum atomic E-state index is 4.52. The third-order valence-corrected chi connectivity index (χ3v) is 5.70. The van der Waals surface area contributed by atoms with Crippen LogP contribution in [0.4, 0.5) is 0 Å². The summed E-state index contributed by atoms with van der Waals surface area (Å²) in [6.07, 6.45) is 7.15. The van der Waals surface area contributed by atoms with Crippen LogP contribution in [0.1, 0.15) is 44.2 Å². The number of guanidine groups is 1. The lowest BCUT2D eigenvalue weighted by Gasteiger charge is -2.24. The van der Waals surface area contributed by atoms with E-state index in [-0.39, 0.29) is 24.0 Å². The molecule has 2 heterocycles. The number of aromatic nitrogens is 3. The third-order valence-electron chi connectivity index (χ3n) is 5.70. The van der Waals surface area contributed by atoms with Crippen LogP contribution in [0.15, 0.2) is 41.9 Å². The van der Waals surface area contributed by atoms with E-state index in [1.807, 2.05) is 11.7 Å². The second-order valence-electron chi connectivity index (χ2n) is 7.39. The molecular formula is C21H33IN6. The van der Waals surface area contributed by atoms with Crippen LogP contribution >= 0.6 is 24.0 Å². The van der Waals surface area contributed by atoms with Crippen LogP contribution in [-0.4, -0.2) is 45.8 Å². The zero-order chi connectivity index (χ0) is 19.1. The molecule has 1 N–H and O–H groups in total. The molecule has 0 spiro atoms. The van der Waals surface area contributed by atoms with Gasteiger partial charge in [0.25, 0.3) is 0 Å². The Morgan fingerprint density at radius 1 is 1.29 bits per heavy atom. The summed E-state index contributed by atoms with van der Waals surface area (Å²) in [5, 5.41) is 7.73. The molecule has 0 saturated carbocycles. The van der Waals surface area contributed by atoms with E-state index in [2.05, 4.69) is 63.4 Å². The molecule has 1 aliphatic rings. The van der Waals surface area contributed by atoms with Crippen molar-refractivity contribution in [1.82, 2.24) is 25.0 Å². The van der Waals surface area contributed by atoms with Gasteiger partial charge in [0, 0.05) is 26.7 Å². The Bertz CT molecular complexity index is 726. The second-order valence-corrected chi connectivity index (χ2v) is 7.39. The van der Waals surface area contributed by atoms with Crippen LogP contribution in [0, 0.1) is 11.8 Å². The van der Waals surface area contributed by atoms with Gasteiger partial charge in [0.1, 0.15) is 12.7 Å². The van der Waals surface area contributed by atoms with Crippen molar-refractivity contribution in [3.05, 3.63) is 48.0 Å². The van der Waals surface area contributed by atoms with E-state index >= 15 is 0 Å². The summed E-state index contributed by atoms with van der Waals surface area (Å²) >= 11 is 0. The Kier molecular flexibility index (Phi) is 9.21. The van der Waals surface area contributed by atoms with Gasteiger partial charge in [-0.15, -0.1) is 24.0 Å². The topological polar surface area (TPSA) is 58.3 Å². The zero-order valence-electron chi connectivity index (χ0n) is 17.2. The quantitative estimate of drug-likeness (QED) is 0.360. The van der Waals surface area contributed by atoms with Gasteiger partial charge in [0.2, 0.25) is 0 Å². The highest BCUT2D eigenvalue weighted by Crippen LogP contribution is 2.28. The van der Waals surface area contributed by atoms with Crippen LogP contribution in [0.25, 0.3) is 0 Å². The first kappa shape index (κ1) is 22.6. The van der Waals surface area contributed by atoms with E-state index < -0.39 is 0 Å². The largest absolute Gasteiger partial charge is 0.352 e. The summed E-state index contributed by atoms with van der Waals surface area (Å²) in [6.45, 7) is 8.38. The van der Waals surface area contributed by atoms with E-state index in [4.69, 9.17) is 0 Å². The zero-order valence-corrected chi connectivity index (χ0v) is 19.5. The lowest BCUT2D eigenvalue weighted by atomic mass is 9.87. The van der Waals surface area contributed by atoms with Crippen LogP contribution in [0.2, 0.25) is 0 Å². The molecule has 0 radical (unpaired) electrons. The fourth-order valence-electron chi connectivity index (χ4n) is 4.17. The molecule has 1 fully saturated rings. The molecule has 0 bridgehead atoms. The van der Waals surface area contributed by atoms with Gasteiger partial charge < -0.3 is 10.2 Å². The molecule has 1 saturated heterocycles. The monoisotopic (exact) mass is 496 g/mol. The van der Waals surface area contributed by atoms with Crippen molar-refractivity contribution in [1.29, 1.82) is 0 Å². The summed E-state index contributed by atoms with van der Waals surface area (Å²) in [6, 6.07) is 8.60. The van der Waals surface area contributed by atoms with Crippen LogP contribution in [0.5, 0.6) is 0 Å². The fourth-order valence-corrected chi connectivity index (χ4v) is 4.17. The van der Waals surface area contributed by atoms with Crippen molar-refractivity contribution in [2.45, 2.75) is 46.2 Å². The summed E-state index contributed by atoms with van der Waals surface area (Å²) in [5.74, 6) is 2.65. The highest BCUT2D eigenvalue weighted by atomic mass is 127. The molecule has 7 heteroatoms. The van der Waals surface area contributed by atoms with E-state index in [9.17, 15) is 0 Å². The Labute approximate surface area is 185 Å². The maximum absolute atomic E-state index is 4.52. The molecule has 1 atom stereocenters. The van der Waals surface area contributed by atoms with Crippen LogP contribution in [0.3, 0.4) is 0 Å². The number of halogens is 1. The van der Waals surface area contributed by atoms with Gasteiger partial charge >= 0.3 is 0 Å². The first-order valence-electron chi connectivity index (χ1n) is 10.1. The minimum absolute atomic E-state index is 0. The smallest absolute Gasteiger partial charge is 0.193 e. The Morgan fingerprint density at radius 2 is 2.07 bits per heavy atom. The number of nitrogens with zero attached hydrogens (tertiary/aromatic N) is 5. The Morgan fingerprint density at radius 3 is 2.75 bits per heavy atom. The number of hydrogen-bond acceptors (Lipinski definition) is 3. The van der Waals surface area contributed by atoms with Gasteiger partial charge in [-0.1, -0.05) is 51.0 Å². The first-order chi connectivity index (χ1) is 13.2.